The Bertz CT molecular complexity index is 832. The number of amides is 1. The molecule has 0 rings (SSSR count). The summed E-state index contributed by atoms with van der Waals surface area (Å²) < 4.78 is 21.8. The van der Waals surface area contributed by atoms with Crippen molar-refractivity contribution in [2.45, 2.75) is 135 Å². The fourth-order valence-electron chi connectivity index (χ4n) is 4.14. The Morgan fingerprint density at radius 3 is 1.88 bits per heavy atom. The zero-order valence-corrected chi connectivity index (χ0v) is 27.7. The standard InChI is InChI=1S/C33H61N2O7P/c1-3-5-7-9-11-12-13-14-15-16-17-19-21-23-25-32(37)31(29-42-43(39,40)41-27-26-34)35-33(38)28-30(36)24-22-20-18-10-8-6-4-2/h12-13,16-17,20,22-23,25,30-32,36-37H,3-11,14-15,18-19,21,24,26-29,34H2,1-2H3,(H,35,38)(H,39,40)/b13-12+,17-16+,22-20-,25-23+. The third-order valence-electron chi connectivity index (χ3n) is 6.66. The lowest BCUT2D eigenvalue weighted by Crippen LogP contribution is -2.46. The van der Waals surface area contributed by atoms with Crippen LogP contribution in [-0.4, -0.2) is 59.0 Å². The van der Waals surface area contributed by atoms with Gasteiger partial charge in [0, 0.05) is 6.54 Å². The molecule has 4 atom stereocenters. The van der Waals surface area contributed by atoms with E-state index in [1.54, 1.807) is 6.08 Å². The Morgan fingerprint density at radius 2 is 1.33 bits per heavy atom. The number of carbonyl (C=O) groups is 1. The fourth-order valence-corrected chi connectivity index (χ4v) is 4.90. The predicted octanol–water partition coefficient (Wildman–Crippen LogP) is 6.79. The van der Waals surface area contributed by atoms with Crippen molar-refractivity contribution in [2.75, 3.05) is 19.8 Å². The van der Waals surface area contributed by atoms with E-state index in [2.05, 4.69) is 43.5 Å². The molecule has 0 spiro atoms. The largest absolute Gasteiger partial charge is 0.472 e. The first-order chi connectivity index (χ1) is 20.8. The van der Waals surface area contributed by atoms with Crippen LogP contribution in [0.5, 0.6) is 0 Å². The second kappa shape index (κ2) is 29.1. The summed E-state index contributed by atoms with van der Waals surface area (Å²) in [5.41, 5.74) is 5.31. The maximum absolute atomic E-state index is 12.6. The molecule has 250 valence electrons. The van der Waals surface area contributed by atoms with Gasteiger partial charge in [-0.05, 0) is 57.8 Å². The van der Waals surface area contributed by atoms with E-state index in [-0.39, 0.29) is 19.6 Å². The second-order valence-corrected chi connectivity index (χ2v) is 12.3. The van der Waals surface area contributed by atoms with Gasteiger partial charge >= 0.3 is 7.82 Å². The highest BCUT2D eigenvalue weighted by Crippen LogP contribution is 2.43. The Labute approximate surface area is 261 Å². The van der Waals surface area contributed by atoms with Crippen LogP contribution in [0.4, 0.5) is 0 Å². The first-order valence-corrected chi connectivity index (χ1v) is 17.8. The summed E-state index contributed by atoms with van der Waals surface area (Å²) in [6, 6.07) is -1.02. The number of phosphoric ester groups is 1. The highest BCUT2D eigenvalue weighted by Gasteiger charge is 2.27. The van der Waals surface area contributed by atoms with Crippen LogP contribution < -0.4 is 11.1 Å². The summed E-state index contributed by atoms with van der Waals surface area (Å²) in [6.07, 6.45) is 29.5. The van der Waals surface area contributed by atoms with E-state index in [0.717, 1.165) is 38.5 Å². The monoisotopic (exact) mass is 628 g/mol. The second-order valence-electron chi connectivity index (χ2n) is 10.8. The van der Waals surface area contributed by atoms with E-state index in [4.69, 9.17) is 14.8 Å². The Balaban J connectivity index is 4.70. The molecule has 0 aliphatic carbocycles. The van der Waals surface area contributed by atoms with Gasteiger partial charge in [-0.25, -0.2) is 4.57 Å². The molecule has 0 aliphatic rings. The number of allylic oxidation sites excluding steroid dienone is 6. The van der Waals surface area contributed by atoms with E-state index >= 15 is 0 Å². The molecule has 0 bridgehead atoms. The van der Waals surface area contributed by atoms with Crippen molar-refractivity contribution in [3.05, 3.63) is 48.6 Å². The minimum absolute atomic E-state index is 0.0365. The van der Waals surface area contributed by atoms with Crippen molar-refractivity contribution < 1.29 is 33.5 Å². The van der Waals surface area contributed by atoms with Gasteiger partial charge in [0.2, 0.25) is 5.91 Å². The first-order valence-electron chi connectivity index (χ1n) is 16.3. The van der Waals surface area contributed by atoms with Gasteiger partial charge < -0.3 is 26.2 Å². The van der Waals surface area contributed by atoms with Crippen LogP contribution in [0.2, 0.25) is 0 Å². The van der Waals surface area contributed by atoms with E-state index < -0.39 is 38.6 Å². The topological polar surface area (TPSA) is 151 Å². The number of nitrogens with two attached hydrogens (primary N) is 1. The molecular formula is C33H61N2O7P. The summed E-state index contributed by atoms with van der Waals surface area (Å²) in [5, 5.41) is 23.6. The number of nitrogens with one attached hydrogen (secondary N) is 1. The van der Waals surface area contributed by atoms with Gasteiger partial charge in [-0.2, -0.15) is 0 Å². The molecule has 4 unspecified atom stereocenters. The zero-order chi connectivity index (χ0) is 32.0. The summed E-state index contributed by atoms with van der Waals surface area (Å²) >= 11 is 0. The number of aliphatic hydroxyl groups is 2. The van der Waals surface area contributed by atoms with Gasteiger partial charge in [-0.1, -0.05) is 101 Å². The van der Waals surface area contributed by atoms with Crippen LogP contribution >= 0.6 is 7.82 Å². The number of hydrogen-bond acceptors (Lipinski definition) is 7. The Hall–Kier alpha value is -1.58. The molecule has 10 heteroatoms. The van der Waals surface area contributed by atoms with Gasteiger partial charge in [0.1, 0.15) is 0 Å². The molecule has 9 nitrogen and oxygen atoms in total. The average Bonchev–Trinajstić information content (AvgIpc) is 2.97. The number of carbonyl (C=O) groups excluding carboxylic acids is 1. The third kappa shape index (κ3) is 27.7. The van der Waals surface area contributed by atoms with Crippen molar-refractivity contribution in [3.63, 3.8) is 0 Å². The lowest BCUT2D eigenvalue weighted by atomic mass is 10.1. The number of rotatable bonds is 29. The quantitative estimate of drug-likeness (QED) is 0.0345. The SMILES string of the molecule is CCCCCC/C=C\CC(O)CC(=O)NC(COP(=O)(O)OCCN)C(O)/C=C/CC/C=C/CC/C=C/CCCCCC. The van der Waals surface area contributed by atoms with Crippen molar-refractivity contribution in [2.24, 2.45) is 5.73 Å². The van der Waals surface area contributed by atoms with Gasteiger partial charge in [-0.3, -0.25) is 13.8 Å². The third-order valence-corrected chi connectivity index (χ3v) is 7.64. The van der Waals surface area contributed by atoms with E-state index in [0.29, 0.717) is 12.8 Å². The molecule has 0 aromatic carbocycles. The predicted molar refractivity (Wildman–Crippen MR) is 177 cm³/mol. The molecule has 0 saturated carbocycles. The van der Waals surface area contributed by atoms with Crippen LogP contribution in [0, 0.1) is 0 Å². The van der Waals surface area contributed by atoms with Crippen molar-refractivity contribution in [3.8, 4) is 0 Å². The van der Waals surface area contributed by atoms with Crippen molar-refractivity contribution in [1.82, 2.24) is 5.32 Å². The van der Waals surface area contributed by atoms with Gasteiger partial charge in [-0.15, -0.1) is 0 Å². The van der Waals surface area contributed by atoms with Gasteiger partial charge in [0.25, 0.3) is 0 Å². The summed E-state index contributed by atoms with van der Waals surface area (Å²) in [7, 11) is -4.40. The van der Waals surface area contributed by atoms with Crippen LogP contribution in [0.25, 0.3) is 0 Å². The molecular weight excluding hydrogens is 567 g/mol. The Kier molecular flexibility index (Phi) is 28.1. The Morgan fingerprint density at radius 1 is 0.791 bits per heavy atom. The normalized spacial score (nSPS) is 16.0. The zero-order valence-electron chi connectivity index (χ0n) is 26.8. The minimum atomic E-state index is -4.40. The summed E-state index contributed by atoms with van der Waals surface area (Å²) in [4.78, 5) is 22.4. The first kappa shape index (κ1) is 41.4. The molecule has 0 aromatic heterocycles. The molecule has 0 aliphatic heterocycles. The molecule has 6 N–H and O–H groups in total. The van der Waals surface area contributed by atoms with Crippen LogP contribution in [-0.2, 0) is 18.4 Å². The average molecular weight is 629 g/mol. The molecule has 43 heavy (non-hydrogen) atoms. The maximum atomic E-state index is 12.6. The summed E-state index contributed by atoms with van der Waals surface area (Å²) in [6.45, 7) is 3.78. The number of unbranched alkanes of at least 4 members (excludes halogenated alkanes) is 10. The smallest absolute Gasteiger partial charge is 0.392 e. The van der Waals surface area contributed by atoms with Crippen LogP contribution in [0.15, 0.2) is 48.6 Å². The van der Waals surface area contributed by atoms with Gasteiger partial charge in [0.15, 0.2) is 0 Å². The van der Waals surface area contributed by atoms with Crippen molar-refractivity contribution in [1.29, 1.82) is 0 Å². The molecule has 0 heterocycles. The fraction of sp³-hybridized carbons (Fsp3) is 0.727. The summed E-state index contributed by atoms with van der Waals surface area (Å²) in [5.74, 6) is -0.501. The van der Waals surface area contributed by atoms with Crippen LogP contribution in [0.3, 0.4) is 0 Å². The minimum Gasteiger partial charge on any atom is -0.392 e. The van der Waals surface area contributed by atoms with Crippen molar-refractivity contribution >= 4 is 13.7 Å². The highest BCUT2D eigenvalue weighted by atomic mass is 31.2. The van der Waals surface area contributed by atoms with E-state index in [9.17, 15) is 24.5 Å². The lowest BCUT2D eigenvalue weighted by Gasteiger charge is -2.23. The van der Waals surface area contributed by atoms with E-state index in [1.165, 1.54) is 51.0 Å². The number of hydrogen-bond donors (Lipinski definition) is 5. The van der Waals surface area contributed by atoms with Crippen LogP contribution in [0.1, 0.15) is 117 Å². The highest BCUT2D eigenvalue weighted by molar-refractivity contribution is 7.47. The molecule has 0 fully saturated rings. The maximum Gasteiger partial charge on any atom is 0.472 e. The molecule has 0 radical (unpaired) electrons. The molecule has 0 saturated heterocycles. The molecule has 0 aromatic rings. The molecule has 1 amide bonds. The van der Waals surface area contributed by atoms with Gasteiger partial charge in [0.05, 0.1) is 37.9 Å². The van der Waals surface area contributed by atoms with E-state index in [1.807, 2.05) is 12.2 Å². The number of aliphatic hydroxyl groups excluding tert-OH is 2. The lowest BCUT2D eigenvalue weighted by molar-refractivity contribution is -0.124. The number of phosphoric acid groups is 1.